The first-order chi connectivity index (χ1) is 9.08. The second-order valence-corrected chi connectivity index (χ2v) is 5.05. The molecule has 1 fully saturated rings. The number of nitro benzene ring substituents is 1. The molecule has 1 heterocycles. The van der Waals surface area contributed by atoms with Gasteiger partial charge in [-0.05, 0) is 45.0 Å². The molecule has 0 aromatic heterocycles. The van der Waals surface area contributed by atoms with Crippen LogP contribution in [0.3, 0.4) is 0 Å². The first kappa shape index (κ1) is 13.6. The van der Waals surface area contributed by atoms with Crippen molar-refractivity contribution in [2.45, 2.75) is 25.8 Å². The number of benzene rings is 1. The van der Waals surface area contributed by atoms with Crippen molar-refractivity contribution in [2.75, 3.05) is 30.7 Å². The number of para-hydroxylation sites is 1. The minimum Gasteiger partial charge on any atom is -0.393 e. The van der Waals surface area contributed by atoms with Crippen LogP contribution >= 0.6 is 0 Å². The lowest BCUT2D eigenvalue weighted by atomic mass is 10.2. The van der Waals surface area contributed by atoms with Crippen molar-refractivity contribution in [1.29, 1.82) is 0 Å². The summed E-state index contributed by atoms with van der Waals surface area (Å²) in [6.07, 6.45) is 2.48. The van der Waals surface area contributed by atoms with E-state index >= 15 is 0 Å². The van der Waals surface area contributed by atoms with Crippen molar-refractivity contribution in [3.8, 4) is 0 Å². The minimum atomic E-state index is -0.430. The summed E-state index contributed by atoms with van der Waals surface area (Å²) in [4.78, 5) is 13.0. The maximum atomic E-state index is 11.0. The van der Waals surface area contributed by atoms with E-state index in [-0.39, 0.29) is 17.4 Å². The first-order valence-corrected chi connectivity index (χ1v) is 6.59. The van der Waals surface area contributed by atoms with Crippen LogP contribution in [0.4, 0.5) is 17.1 Å². The van der Waals surface area contributed by atoms with Crippen LogP contribution < -0.4 is 11.1 Å². The molecule has 0 bridgehead atoms. The molecule has 0 spiro atoms. The molecule has 1 aromatic rings. The van der Waals surface area contributed by atoms with Gasteiger partial charge in [0.25, 0.3) is 0 Å². The Morgan fingerprint density at radius 1 is 1.47 bits per heavy atom. The molecule has 1 atom stereocenters. The van der Waals surface area contributed by atoms with Gasteiger partial charge in [-0.2, -0.15) is 0 Å². The van der Waals surface area contributed by atoms with Crippen molar-refractivity contribution >= 4 is 17.1 Å². The number of hydrogen-bond acceptors (Lipinski definition) is 5. The van der Waals surface area contributed by atoms with E-state index in [4.69, 9.17) is 5.73 Å². The number of likely N-dealkylation sites (tertiary alicyclic amines) is 1. The maximum Gasteiger partial charge on any atom is 0.314 e. The Balaban J connectivity index is 2.05. The molecule has 6 nitrogen and oxygen atoms in total. The fourth-order valence-electron chi connectivity index (χ4n) is 2.55. The van der Waals surface area contributed by atoms with Crippen molar-refractivity contribution in [1.82, 2.24) is 4.90 Å². The Morgan fingerprint density at radius 3 is 2.79 bits per heavy atom. The first-order valence-electron chi connectivity index (χ1n) is 6.59. The molecule has 1 aromatic carbocycles. The second-order valence-electron chi connectivity index (χ2n) is 5.05. The normalized spacial score (nSPS) is 17.3. The smallest absolute Gasteiger partial charge is 0.314 e. The molecule has 0 saturated carbocycles. The molecule has 6 heteroatoms. The van der Waals surface area contributed by atoms with Crippen LogP contribution in [0, 0.1) is 10.1 Å². The fourth-order valence-corrected chi connectivity index (χ4v) is 2.55. The van der Waals surface area contributed by atoms with Gasteiger partial charge in [-0.25, -0.2) is 0 Å². The highest BCUT2D eigenvalue weighted by Gasteiger charge is 2.20. The van der Waals surface area contributed by atoms with Crippen LogP contribution in [0.2, 0.25) is 0 Å². The number of nitro groups is 1. The van der Waals surface area contributed by atoms with Gasteiger partial charge in [0.05, 0.1) is 4.92 Å². The van der Waals surface area contributed by atoms with Gasteiger partial charge in [0.15, 0.2) is 0 Å². The third kappa shape index (κ3) is 3.35. The summed E-state index contributed by atoms with van der Waals surface area (Å²) in [5.74, 6) is 0. The largest absolute Gasteiger partial charge is 0.393 e. The lowest BCUT2D eigenvalue weighted by Crippen LogP contribution is -2.33. The molecule has 1 saturated heterocycles. The predicted molar refractivity (Wildman–Crippen MR) is 76.3 cm³/mol. The van der Waals surface area contributed by atoms with Crippen molar-refractivity contribution in [2.24, 2.45) is 0 Å². The quantitative estimate of drug-likeness (QED) is 0.483. The molecule has 1 unspecified atom stereocenters. The average Bonchev–Trinajstić information content (AvgIpc) is 2.81. The van der Waals surface area contributed by atoms with E-state index < -0.39 is 4.92 Å². The zero-order chi connectivity index (χ0) is 13.8. The molecule has 1 aliphatic rings. The number of nitrogen functional groups attached to an aromatic ring is 1. The monoisotopic (exact) mass is 264 g/mol. The molecule has 0 radical (unpaired) electrons. The SMILES string of the molecule is CC(CN1CCCC1)Nc1cccc(N)c1[N+](=O)[O-]. The standard InChI is InChI=1S/C13H20N4O2/c1-10(9-16-7-2-3-8-16)15-12-6-4-5-11(14)13(12)17(18)19/h4-6,10,15H,2-3,7-9,14H2,1H3. The van der Waals surface area contributed by atoms with Gasteiger partial charge in [-0.1, -0.05) is 6.07 Å². The van der Waals surface area contributed by atoms with E-state index in [0.717, 1.165) is 19.6 Å². The fraction of sp³-hybridized carbons (Fsp3) is 0.538. The minimum absolute atomic E-state index is 0.0317. The van der Waals surface area contributed by atoms with Crippen molar-refractivity contribution in [3.63, 3.8) is 0 Å². The topological polar surface area (TPSA) is 84.4 Å². The number of nitrogens with one attached hydrogen (secondary N) is 1. The van der Waals surface area contributed by atoms with Gasteiger partial charge < -0.3 is 16.0 Å². The summed E-state index contributed by atoms with van der Waals surface area (Å²) < 4.78 is 0. The third-order valence-corrected chi connectivity index (χ3v) is 3.38. The number of hydrogen-bond donors (Lipinski definition) is 2. The molecule has 104 valence electrons. The summed E-state index contributed by atoms with van der Waals surface area (Å²) in [5, 5.41) is 14.2. The maximum absolute atomic E-state index is 11.0. The Hall–Kier alpha value is -1.82. The van der Waals surface area contributed by atoms with Crippen LogP contribution in [0.1, 0.15) is 19.8 Å². The highest BCUT2D eigenvalue weighted by atomic mass is 16.6. The zero-order valence-electron chi connectivity index (χ0n) is 11.1. The molecule has 3 N–H and O–H groups in total. The predicted octanol–water partition coefficient (Wildman–Crippen LogP) is 2.07. The Labute approximate surface area is 112 Å². The Kier molecular flexibility index (Phi) is 4.21. The summed E-state index contributed by atoms with van der Waals surface area (Å²) in [5.41, 5.74) is 6.33. The summed E-state index contributed by atoms with van der Waals surface area (Å²) >= 11 is 0. The van der Waals surface area contributed by atoms with Crippen molar-refractivity contribution < 1.29 is 4.92 Å². The van der Waals surface area contributed by atoms with E-state index in [9.17, 15) is 10.1 Å². The number of rotatable bonds is 5. The lowest BCUT2D eigenvalue weighted by molar-refractivity contribution is -0.383. The van der Waals surface area contributed by atoms with Gasteiger partial charge in [0, 0.05) is 12.6 Å². The van der Waals surface area contributed by atoms with Gasteiger partial charge in [-0.15, -0.1) is 0 Å². The average molecular weight is 264 g/mol. The van der Waals surface area contributed by atoms with E-state index in [1.165, 1.54) is 12.8 Å². The molecule has 0 amide bonds. The van der Waals surface area contributed by atoms with Crippen LogP contribution in [-0.2, 0) is 0 Å². The van der Waals surface area contributed by atoms with E-state index in [1.54, 1.807) is 18.2 Å². The number of nitrogens with two attached hydrogens (primary N) is 1. The van der Waals surface area contributed by atoms with Crippen LogP contribution in [0.5, 0.6) is 0 Å². The molecular weight excluding hydrogens is 244 g/mol. The lowest BCUT2D eigenvalue weighted by Gasteiger charge is -2.22. The van der Waals surface area contributed by atoms with Gasteiger partial charge in [-0.3, -0.25) is 10.1 Å². The summed E-state index contributed by atoms with van der Waals surface area (Å²) in [6, 6.07) is 5.13. The van der Waals surface area contributed by atoms with E-state index in [0.29, 0.717) is 5.69 Å². The number of anilines is 2. The van der Waals surface area contributed by atoms with Gasteiger partial charge in [0.2, 0.25) is 0 Å². The van der Waals surface area contributed by atoms with Crippen molar-refractivity contribution in [3.05, 3.63) is 28.3 Å². The molecule has 0 aliphatic carbocycles. The molecular formula is C13H20N4O2. The zero-order valence-corrected chi connectivity index (χ0v) is 11.1. The Bertz CT molecular complexity index is 458. The number of nitrogens with zero attached hydrogens (tertiary/aromatic N) is 2. The summed E-state index contributed by atoms with van der Waals surface area (Å²) in [7, 11) is 0. The van der Waals surface area contributed by atoms with E-state index in [2.05, 4.69) is 10.2 Å². The Morgan fingerprint density at radius 2 is 2.16 bits per heavy atom. The summed E-state index contributed by atoms with van der Waals surface area (Å²) in [6.45, 7) is 5.16. The van der Waals surface area contributed by atoms with Gasteiger partial charge in [0.1, 0.15) is 11.4 Å². The highest BCUT2D eigenvalue weighted by molar-refractivity contribution is 5.74. The second kappa shape index (κ2) is 5.88. The van der Waals surface area contributed by atoms with Crippen LogP contribution in [0.15, 0.2) is 18.2 Å². The molecule has 1 aliphatic heterocycles. The van der Waals surface area contributed by atoms with Crippen LogP contribution in [0.25, 0.3) is 0 Å². The van der Waals surface area contributed by atoms with E-state index in [1.807, 2.05) is 6.92 Å². The van der Waals surface area contributed by atoms with Gasteiger partial charge >= 0.3 is 5.69 Å². The third-order valence-electron chi connectivity index (χ3n) is 3.38. The highest BCUT2D eigenvalue weighted by Crippen LogP contribution is 2.30. The van der Waals surface area contributed by atoms with Crippen LogP contribution in [-0.4, -0.2) is 35.5 Å². The molecule has 2 rings (SSSR count). The molecule has 19 heavy (non-hydrogen) atoms.